The molecule has 9 heteroatoms. The standard InChI is InChI=1S/C27H31N5O4/c1-15(2)21-25(35)31(17-10-6-5-7-11-17)26(30-21)27(4,36)14-20-23(33)28-16(3)22-29-19-13-9-8-12-18(19)24(34)32(20)22/h5-13,15-16,20-21,26,30,36H,14H2,1-4H3,(H,28,33)/t16-,20-,21+,26-,27-/m1/s1. The number of amides is 2. The zero-order chi connectivity index (χ0) is 25.8. The fourth-order valence-corrected chi connectivity index (χ4v) is 5.34. The first kappa shape index (κ1) is 24.1. The van der Waals surface area contributed by atoms with Gasteiger partial charge in [-0.1, -0.05) is 44.2 Å². The van der Waals surface area contributed by atoms with E-state index in [2.05, 4.69) is 15.6 Å². The molecule has 3 heterocycles. The monoisotopic (exact) mass is 489 g/mol. The number of para-hydroxylation sites is 2. The number of hydrogen-bond donors (Lipinski definition) is 3. The average molecular weight is 490 g/mol. The number of nitrogens with one attached hydrogen (secondary N) is 2. The van der Waals surface area contributed by atoms with E-state index >= 15 is 0 Å². The molecule has 0 spiro atoms. The van der Waals surface area contributed by atoms with E-state index in [1.807, 2.05) is 50.2 Å². The van der Waals surface area contributed by atoms with Gasteiger partial charge in [0, 0.05) is 12.1 Å². The molecule has 5 rings (SSSR count). The molecule has 1 fully saturated rings. The number of benzene rings is 2. The number of carbonyl (C=O) groups is 2. The number of aromatic nitrogens is 2. The van der Waals surface area contributed by atoms with E-state index < -0.39 is 29.9 Å². The van der Waals surface area contributed by atoms with Gasteiger partial charge in [-0.05, 0) is 44.0 Å². The Morgan fingerprint density at radius 1 is 1.06 bits per heavy atom. The van der Waals surface area contributed by atoms with Crippen molar-refractivity contribution in [1.29, 1.82) is 0 Å². The molecule has 2 aliphatic rings. The molecule has 2 aromatic carbocycles. The van der Waals surface area contributed by atoms with Gasteiger partial charge in [0.1, 0.15) is 18.0 Å². The number of rotatable bonds is 5. The van der Waals surface area contributed by atoms with Gasteiger partial charge in [0.25, 0.3) is 5.56 Å². The molecule has 0 unspecified atom stereocenters. The summed E-state index contributed by atoms with van der Waals surface area (Å²) in [5.41, 5.74) is -0.690. The average Bonchev–Trinajstić information content (AvgIpc) is 3.21. The molecule has 0 radical (unpaired) electrons. The van der Waals surface area contributed by atoms with E-state index in [0.717, 1.165) is 0 Å². The van der Waals surface area contributed by atoms with E-state index in [1.54, 1.807) is 36.9 Å². The minimum Gasteiger partial charge on any atom is -0.386 e. The molecule has 3 N–H and O–H groups in total. The van der Waals surface area contributed by atoms with Crippen LogP contribution in [0.25, 0.3) is 10.9 Å². The molecule has 1 saturated heterocycles. The Balaban J connectivity index is 1.57. The topological polar surface area (TPSA) is 117 Å². The highest BCUT2D eigenvalue weighted by Gasteiger charge is 2.51. The zero-order valence-electron chi connectivity index (χ0n) is 20.8. The lowest BCUT2D eigenvalue weighted by Gasteiger charge is -2.40. The van der Waals surface area contributed by atoms with Crippen molar-refractivity contribution in [2.45, 2.75) is 64.0 Å². The molecule has 188 valence electrons. The molecule has 0 saturated carbocycles. The maximum absolute atomic E-state index is 13.5. The Labute approximate surface area is 209 Å². The van der Waals surface area contributed by atoms with Crippen molar-refractivity contribution in [1.82, 2.24) is 20.2 Å². The van der Waals surface area contributed by atoms with Gasteiger partial charge in [-0.2, -0.15) is 0 Å². The third-order valence-corrected chi connectivity index (χ3v) is 7.19. The molecule has 9 nitrogen and oxygen atoms in total. The second-order valence-electron chi connectivity index (χ2n) is 10.3. The van der Waals surface area contributed by atoms with Crippen molar-refractivity contribution >= 4 is 28.4 Å². The Morgan fingerprint density at radius 2 is 1.72 bits per heavy atom. The van der Waals surface area contributed by atoms with E-state index in [-0.39, 0.29) is 29.7 Å². The van der Waals surface area contributed by atoms with Crippen molar-refractivity contribution in [3.63, 3.8) is 0 Å². The van der Waals surface area contributed by atoms with Crippen LogP contribution in [0.5, 0.6) is 0 Å². The van der Waals surface area contributed by atoms with Gasteiger partial charge < -0.3 is 10.4 Å². The molecule has 36 heavy (non-hydrogen) atoms. The van der Waals surface area contributed by atoms with E-state index in [1.165, 1.54) is 4.57 Å². The highest BCUT2D eigenvalue weighted by atomic mass is 16.3. The number of fused-ring (bicyclic) bond motifs is 2. The minimum atomic E-state index is -1.57. The summed E-state index contributed by atoms with van der Waals surface area (Å²) in [7, 11) is 0. The van der Waals surface area contributed by atoms with Crippen molar-refractivity contribution in [2.24, 2.45) is 5.92 Å². The molecule has 1 aromatic heterocycles. The van der Waals surface area contributed by atoms with Crippen LogP contribution < -0.4 is 21.1 Å². The molecular weight excluding hydrogens is 458 g/mol. The summed E-state index contributed by atoms with van der Waals surface area (Å²) >= 11 is 0. The van der Waals surface area contributed by atoms with Crippen LogP contribution in [0.2, 0.25) is 0 Å². The van der Waals surface area contributed by atoms with E-state index in [4.69, 9.17) is 0 Å². The quantitative estimate of drug-likeness (QED) is 0.506. The van der Waals surface area contributed by atoms with Crippen molar-refractivity contribution < 1.29 is 14.7 Å². The van der Waals surface area contributed by atoms with Gasteiger partial charge in [0.05, 0.1) is 28.6 Å². The predicted molar refractivity (Wildman–Crippen MR) is 136 cm³/mol. The first-order valence-corrected chi connectivity index (χ1v) is 12.3. The van der Waals surface area contributed by atoms with Crippen LogP contribution in [0, 0.1) is 5.92 Å². The number of nitrogens with zero attached hydrogens (tertiary/aromatic N) is 3. The molecule has 0 bridgehead atoms. The number of aliphatic hydroxyl groups is 1. The fourth-order valence-electron chi connectivity index (χ4n) is 5.34. The summed E-state index contributed by atoms with van der Waals surface area (Å²) in [6, 6.07) is 14.2. The Hall–Kier alpha value is -3.56. The van der Waals surface area contributed by atoms with Gasteiger partial charge in [-0.25, -0.2) is 4.98 Å². The number of anilines is 1. The summed E-state index contributed by atoms with van der Waals surface area (Å²) in [6.07, 6.45) is -0.906. The summed E-state index contributed by atoms with van der Waals surface area (Å²) in [6.45, 7) is 7.26. The Morgan fingerprint density at radius 3 is 2.42 bits per heavy atom. The molecular formula is C27H31N5O4. The lowest BCUT2D eigenvalue weighted by molar-refractivity contribution is -0.129. The third-order valence-electron chi connectivity index (χ3n) is 7.19. The largest absolute Gasteiger partial charge is 0.386 e. The van der Waals surface area contributed by atoms with Gasteiger partial charge in [0.2, 0.25) is 11.8 Å². The maximum Gasteiger partial charge on any atom is 0.262 e. The van der Waals surface area contributed by atoms with E-state index in [0.29, 0.717) is 22.4 Å². The molecule has 2 amide bonds. The summed E-state index contributed by atoms with van der Waals surface area (Å²) in [5, 5.41) is 18.5. The lowest BCUT2D eigenvalue weighted by Crippen LogP contribution is -2.58. The first-order valence-electron chi connectivity index (χ1n) is 12.3. The predicted octanol–water partition coefficient (Wildman–Crippen LogP) is 2.26. The smallest absolute Gasteiger partial charge is 0.262 e. The van der Waals surface area contributed by atoms with Gasteiger partial charge in [0.15, 0.2) is 0 Å². The maximum atomic E-state index is 13.5. The zero-order valence-corrected chi connectivity index (χ0v) is 20.8. The Kier molecular flexibility index (Phi) is 5.92. The third kappa shape index (κ3) is 3.88. The summed E-state index contributed by atoms with van der Waals surface area (Å²) < 4.78 is 1.41. The SMILES string of the molecule is CC(C)[C@@H]1N[C@@H]([C@](C)(O)C[C@@H]2C(=O)N[C@H](C)c3nc4ccccc4c(=O)n32)N(c2ccccc2)C1=O. The van der Waals surface area contributed by atoms with Crippen LogP contribution in [-0.2, 0) is 9.59 Å². The molecule has 5 atom stereocenters. The second kappa shape index (κ2) is 8.83. The van der Waals surface area contributed by atoms with Crippen molar-refractivity contribution in [2.75, 3.05) is 4.90 Å². The fraction of sp³-hybridized carbons (Fsp3) is 0.407. The van der Waals surface area contributed by atoms with Crippen LogP contribution in [0.3, 0.4) is 0 Å². The van der Waals surface area contributed by atoms with Crippen LogP contribution in [-0.4, -0.2) is 44.3 Å². The van der Waals surface area contributed by atoms with Crippen LogP contribution in [0.4, 0.5) is 5.69 Å². The van der Waals surface area contributed by atoms with Crippen LogP contribution in [0.1, 0.15) is 52.0 Å². The lowest BCUT2D eigenvalue weighted by atomic mass is 9.90. The van der Waals surface area contributed by atoms with Crippen LogP contribution in [0.15, 0.2) is 59.4 Å². The van der Waals surface area contributed by atoms with Crippen molar-refractivity contribution in [3.8, 4) is 0 Å². The normalized spacial score (nSPS) is 25.7. The summed E-state index contributed by atoms with van der Waals surface area (Å²) in [5.74, 6) is -0.0874. The number of carbonyl (C=O) groups excluding carboxylic acids is 2. The highest BCUT2D eigenvalue weighted by molar-refractivity contribution is 6.00. The minimum absolute atomic E-state index is 0.0118. The van der Waals surface area contributed by atoms with Crippen LogP contribution >= 0.6 is 0 Å². The molecule has 2 aliphatic heterocycles. The first-order chi connectivity index (χ1) is 17.1. The van der Waals surface area contributed by atoms with E-state index in [9.17, 15) is 19.5 Å². The Bertz CT molecular complexity index is 1380. The number of hydrogen-bond acceptors (Lipinski definition) is 6. The van der Waals surface area contributed by atoms with Gasteiger partial charge in [-0.3, -0.25) is 29.2 Å². The van der Waals surface area contributed by atoms with Gasteiger partial charge in [-0.15, -0.1) is 0 Å². The highest BCUT2D eigenvalue weighted by Crippen LogP contribution is 2.35. The summed E-state index contributed by atoms with van der Waals surface area (Å²) in [4.78, 5) is 46.4. The van der Waals surface area contributed by atoms with Gasteiger partial charge >= 0.3 is 0 Å². The van der Waals surface area contributed by atoms with Crippen molar-refractivity contribution in [3.05, 3.63) is 70.8 Å². The second-order valence-corrected chi connectivity index (χ2v) is 10.3. The molecule has 0 aliphatic carbocycles. The molecule has 3 aromatic rings.